The molecule has 0 fully saturated rings. The van der Waals surface area contributed by atoms with E-state index in [1.165, 1.54) is 9.80 Å². The van der Waals surface area contributed by atoms with Gasteiger partial charge >= 0.3 is 12.0 Å². The highest BCUT2D eigenvalue weighted by atomic mass is 16.5. The summed E-state index contributed by atoms with van der Waals surface area (Å²) >= 11 is 0. The summed E-state index contributed by atoms with van der Waals surface area (Å²) in [5.74, 6) is -0.792. The number of carbonyl (C=O) groups excluding carboxylic acids is 1. The number of hydrogen-bond donors (Lipinski definition) is 1. The highest BCUT2D eigenvalue weighted by Gasteiger charge is 2.20. The Hall–Kier alpha value is -2.24. The Morgan fingerprint density at radius 2 is 1.86 bits per heavy atom. The zero-order valence-corrected chi connectivity index (χ0v) is 12.9. The van der Waals surface area contributed by atoms with E-state index in [2.05, 4.69) is 0 Å². The van der Waals surface area contributed by atoms with Gasteiger partial charge < -0.3 is 19.6 Å². The lowest BCUT2D eigenvalue weighted by atomic mass is 10.2. The van der Waals surface area contributed by atoms with Crippen molar-refractivity contribution in [2.75, 3.05) is 27.7 Å². The highest BCUT2D eigenvalue weighted by molar-refractivity contribution is 5.75. The number of nitrogens with zero attached hydrogens (tertiary/aromatic N) is 2. The van der Waals surface area contributed by atoms with E-state index >= 15 is 0 Å². The van der Waals surface area contributed by atoms with Crippen LogP contribution in [-0.4, -0.2) is 54.7 Å². The van der Waals surface area contributed by atoms with Crippen molar-refractivity contribution in [3.05, 3.63) is 29.8 Å². The lowest BCUT2D eigenvalue weighted by molar-refractivity contribution is -0.141. The zero-order valence-electron chi connectivity index (χ0n) is 12.9. The van der Waals surface area contributed by atoms with E-state index in [-0.39, 0.29) is 12.6 Å². The Bertz CT molecular complexity index is 504. The number of methoxy groups -OCH3 is 1. The van der Waals surface area contributed by atoms with Crippen LogP contribution in [0.4, 0.5) is 4.79 Å². The minimum Gasteiger partial charge on any atom is -0.496 e. The number of carbonyl (C=O) groups is 2. The Morgan fingerprint density at radius 1 is 1.24 bits per heavy atom. The molecule has 0 heterocycles. The lowest BCUT2D eigenvalue weighted by Gasteiger charge is -2.26. The van der Waals surface area contributed by atoms with Crippen LogP contribution in [0.1, 0.15) is 12.5 Å². The number of rotatable bonds is 6. The number of ether oxygens (including phenoxy) is 1. The Morgan fingerprint density at radius 3 is 2.43 bits per heavy atom. The average Bonchev–Trinajstić information content (AvgIpc) is 2.46. The first-order chi connectivity index (χ1) is 9.86. The van der Waals surface area contributed by atoms with Crippen LogP contribution < -0.4 is 4.74 Å². The van der Waals surface area contributed by atoms with Crippen molar-refractivity contribution in [2.45, 2.75) is 13.5 Å². The summed E-state index contributed by atoms with van der Waals surface area (Å²) in [6, 6.07) is 7.25. The maximum Gasteiger partial charge on any atom is 0.319 e. The van der Waals surface area contributed by atoms with E-state index < -0.39 is 11.9 Å². The molecular weight excluding hydrogens is 272 g/mol. The third-order valence-corrected chi connectivity index (χ3v) is 3.22. The van der Waals surface area contributed by atoms with Gasteiger partial charge in [-0.25, -0.2) is 4.79 Å². The molecule has 6 nitrogen and oxygen atoms in total. The van der Waals surface area contributed by atoms with E-state index in [9.17, 15) is 9.59 Å². The minimum atomic E-state index is -0.915. The maximum absolute atomic E-state index is 12.2. The summed E-state index contributed by atoms with van der Waals surface area (Å²) in [6.07, 6.45) is 0. The molecule has 1 aromatic carbocycles. The van der Waals surface area contributed by atoms with Gasteiger partial charge in [0, 0.05) is 26.2 Å². The molecule has 6 heteroatoms. The van der Waals surface area contributed by atoms with Crippen molar-refractivity contribution in [3.8, 4) is 5.75 Å². The van der Waals surface area contributed by atoms with Crippen molar-refractivity contribution in [2.24, 2.45) is 5.92 Å². The summed E-state index contributed by atoms with van der Waals surface area (Å²) in [7, 11) is 4.86. The molecule has 1 atom stereocenters. The van der Waals surface area contributed by atoms with Crippen molar-refractivity contribution in [3.63, 3.8) is 0 Å². The van der Waals surface area contributed by atoms with E-state index in [1.54, 1.807) is 28.1 Å². The molecule has 0 aliphatic rings. The molecule has 21 heavy (non-hydrogen) atoms. The fourth-order valence-corrected chi connectivity index (χ4v) is 2.02. The smallest absolute Gasteiger partial charge is 0.319 e. The number of carboxylic acid groups (broad SMARTS) is 1. The molecule has 0 spiro atoms. The third kappa shape index (κ3) is 4.66. The van der Waals surface area contributed by atoms with Gasteiger partial charge in [0.25, 0.3) is 0 Å². The van der Waals surface area contributed by atoms with Gasteiger partial charge in [0.1, 0.15) is 5.75 Å². The number of urea groups is 1. The van der Waals surface area contributed by atoms with Gasteiger partial charge in [-0.3, -0.25) is 4.79 Å². The number of carboxylic acids is 1. The van der Waals surface area contributed by atoms with Crippen LogP contribution in [0, 0.1) is 5.92 Å². The monoisotopic (exact) mass is 294 g/mol. The first-order valence-corrected chi connectivity index (χ1v) is 6.67. The normalized spacial score (nSPS) is 11.6. The highest BCUT2D eigenvalue weighted by Crippen LogP contribution is 2.19. The zero-order chi connectivity index (χ0) is 16.0. The molecule has 2 amide bonds. The standard InChI is InChI=1S/C15H22N2O4/c1-11(14(18)19)9-16(2)15(20)17(3)10-12-7-5-6-8-13(12)21-4/h5-8,11H,9-10H2,1-4H3,(H,18,19). The largest absolute Gasteiger partial charge is 0.496 e. The lowest BCUT2D eigenvalue weighted by Crippen LogP contribution is -2.41. The molecule has 0 aromatic heterocycles. The van der Waals surface area contributed by atoms with E-state index in [0.29, 0.717) is 6.54 Å². The molecule has 0 saturated heterocycles. The molecule has 0 aliphatic carbocycles. The Labute approximate surface area is 124 Å². The van der Waals surface area contributed by atoms with Gasteiger partial charge in [0.2, 0.25) is 0 Å². The second-order valence-corrected chi connectivity index (χ2v) is 5.07. The molecule has 0 aliphatic heterocycles. The topological polar surface area (TPSA) is 70.1 Å². The molecule has 1 aromatic rings. The Kier molecular flexibility index (Phi) is 6.02. The number of hydrogen-bond acceptors (Lipinski definition) is 3. The van der Waals surface area contributed by atoms with Gasteiger partial charge in [-0.15, -0.1) is 0 Å². The van der Waals surface area contributed by atoms with Crippen LogP contribution >= 0.6 is 0 Å². The quantitative estimate of drug-likeness (QED) is 0.870. The van der Waals surface area contributed by atoms with Crippen LogP contribution in [0.25, 0.3) is 0 Å². The fourth-order valence-electron chi connectivity index (χ4n) is 2.02. The molecular formula is C15H22N2O4. The molecule has 1 N–H and O–H groups in total. The van der Waals surface area contributed by atoms with Gasteiger partial charge in [-0.2, -0.15) is 0 Å². The molecule has 0 saturated carbocycles. The SMILES string of the molecule is COc1ccccc1CN(C)C(=O)N(C)CC(C)C(=O)O. The average molecular weight is 294 g/mol. The van der Waals surface area contributed by atoms with Crippen LogP contribution in [0.15, 0.2) is 24.3 Å². The molecule has 116 valence electrons. The predicted molar refractivity (Wildman–Crippen MR) is 79.3 cm³/mol. The second kappa shape index (κ2) is 7.52. The number of aliphatic carboxylic acids is 1. The summed E-state index contributed by atoms with van der Waals surface area (Å²) in [5.41, 5.74) is 0.899. The number of amides is 2. The van der Waals surface area contributed by atoms with Crippen molar-refractivity contribution in [1.29, 1.82) is 0 Å². The Balaban J connectivity index is 2.68. The van der Waals surface area contributed by atoms with Gasteiger partial charge in [0.15, 0.2) is 0 Å². The summed E-state index contributed by atoms with van der Waals surface area (Å²) in [6.45, 7) is 2.14. The van der Waals surface area contributed by atoms with Crippen LogP contribution in [-0.2, 0) is 11.3 Å². The number of para-hydroxylation sites is 1. The predicted octanol–water partition coefficient (Wildman–Crippen LogP) is 1.90. The summed E-state index contributed by atoms with van der Waals surface area (Å²) in [5, 5.41) is 8.89. The van der Waals surface area contributed by atoms with E-state index in [1.807, 2.05) is 24.3 Å². The van der Waals surface area contributed by atoms with Crippen LogP contribution in [0.3, 0.4) is 0 Å². The summed E-state index contributed by atoms with van der Waals surface area (Å²) < 4.78 is 5.25. The van der Waals surface area contributed by atoms with Crippen LogP contribution in [0.2, 0.25) is 0 Å². The second-order valence-electron chi connectivity index (χ2n) is 5.07. The fraction of sp³-hybridized carbons (Fsp3) is 0.467. The van der Waals surface area contributed by atoms with Crippen molar-refractivity contribution >= 4 is 12.0 Å². The van der Waals surface area contributed by atoms with Crippen molar-refractivity contribution < 1.29 is 19.4 Å². The first-order valence-electron chi connectivity index (χ1n) is 6.67. The van der Waals surface area contributed by atoms with Gasteiger partial charge in [-0.05, 0) is 6.07 Å². The van der Waals surface area contributed by atoms with E-state index in [4.69, 9.17) is 9.84 Å². The minimum absolute atomic E-state index is 0.171. The van der Waals surface area contributed by atoms with Gasteiger partial charge in [-0.1, -0.05) is 25.1 Å². The third-order valence-electron chi connectivity index (χ3n) is 3.22. The molecule has 1 unspecified atom stereocenters. The first kappa shape index (κ1) is 16.8. The maximum atomic E-state index is 12.2. The molecule has 1 rings (SSSR count). The number of benzene rings is 1. The molecule has 0 radical (unpaired) electrons. The van der Waals surface area contributed by atoms with Crippen LogP contribution in [0.5, 0.6) is 5.75 Å². The van der Waals surface area contributed by atoms with Crippen molar-refractivity contribution in [1.82, 2.24) is 9.80 Å². The van der Waals surface area contributed by atoms with E-state index in [0.717, 1.165) is 11.3 Å². The molecule has 0 bridgehead atoms. The summed E-state index contributed by atoms with van der Waals surface area (Å²) in [4.78, 5) is 26.0. The van der Waals surface area contributed by atoms with Gasteiger partial charge in [0.05, 0.1) is 19.6 Å².